The normalized spacial score (nSPS) is 23.4. The largest absolute Gasteiger partial charge is 0.374 e. The van der Waals surface area contributed by atoms with Gasteiger partial charge in [-0.05, 0) is 7.05 Å². The van der Waals surface area contributed by atoms with E-state index in [4.69, 9.17) is 10.5 Å². The Morgan fingerprint density at radius 3 is 3.08 bits per heavy atom. The Hall–Kier alpha value is -0.650. The fraction of sp³-hybridized carbons (Fsp3) is 0.875. The van der Waals surface area contributed by atoms with Crippen molar-refractivity contribution in [2.24, 2.45) is 5.73 Å². The molecule has 1 fully saturated rings. The summed E-state index contributed by atoms with van der Waals surface area (Å²) in [6, 6.07) is 0. The van der Waals surface area contributed by atoms with Gasteiger partial charge >= 0.3 is 0 Å². The third-order valence-corrected chi connectivity index (χ3v) is 1.95. The minimum absolute atomic E-state index is 0.179. The number of nitrogens with zero attached hydrogens (tertiary/aromatic N) is 1. The molecule has 0 aromatic rings. The van der Waals surface area contributed by atoms with Crippen molar-refractivity contribution >= 4 is 5.91 Å². The van der Waals surface area contributed by atoms with Crippen LogP contribution in [0.1, 0.15) is 0 Å². The van der Waals surface area contributed by atoms with Gasteiger partial charge in [0.1, 0.15) is 0 Å². The number of rotatable bonds is 4. The molecule has 1 saturated heterocycles. The van der Waals surface area contributed by atoms with Gasteiger partial charge in [0.25, 0.3) is 0 Å². The minimum Gasteiger partial charge on any atom is -0.374 e. The third kappa shape index (κ3) is 4.21. The first kappa shape index (κ1) is 10.4. The molecule has 1 heterocycles. The lowest BCUT2D eigenvalue weighted by Crippen LogP contribution is -2.45. The van der Waals surface area contributed by atoms with Crippen molar-refractivity contribution in [1.82, 2.24) is 10.2 Å². The van der Waals surface area contributed by atoms with E-state index in [1.807, 2.05) is 11.9 Å². The number of amides is 1. The average Bonchev–Trinajstić information content (AvgIpc) is 2.04. The lowest BCUT2D eigenvalue weighted by Gasteiger charge is -2.27. The predicted octanol–water partition coefficient (Wildman–Crippen LogP) is -1.61. The smallest absolute Gasteiger partial charge is 0.231 e. The zero-order valence-corrected chi connectivity index (χ0v) is 7.95. The molecule has 1 atom stereocenters. The van der Waals surface area contributed by atoms with Crippen LogP contribution < -0.4 is 11.1 Å². The van der Waals surface area contributed by atoms with Crippen molar-refractivity contribution < 1.29 is 9.53 Å². The molecule has 0 aromatic heterocycles. The van der Waals surface area contributed by atoms with E-state index < -0.39 is 0 Å². The maximum atomic E-state index is 10.6. The van der Waals surface area contributed by atoms with Gasteiger partial charge < -0.3 is 15.8 Å². The summed E-state index contributed by atoms with van der Waals surface area (Å²) >= 11 is 0. The van der Waals surface area contributed by atoms with E-state index in [0.29, 0.717) is 6.54 Å². The molecule has 1 amide bonds. The molecule has 0 radical (unpaired) electrons. The Labute approximate surface area is 78.2 Å². The highest BCUT2D eigenvalue weighted by molar-refractivity contribution is 5.75. The fourth-order valence-electron chi connectivity index (χ4n) is 1.42. The van der Waals surface area contributed by atoms with Gasteiger partial charge in [0.2, 0.25) is 5.91 Å². The van der Waals surface area contributed by atoms with Gasteiger partial charge in [-0.15, -0.1) is 0 Å². The van der Waals surface area contributed by atoms with Gasteiger partial charge in [-0.1, -0.05) is 0 Å². The number of hydrogen-bond donors (Lipinski definition) is 2. The van der Waals surface area contributed by atoms with Crippen LogP contribution in [0.4, 0.5) is 0 Å². The zero-order valence-electron chi connectivity index (χ0n) is 7.95. The Morgan fingerprint density at radius 2 is 2.54 bits per heavy atom. The number of nitrogens with one attached hydrogen (secondary N) is 1. The summed E-state index contributed by atoms with van der Waals surface area (Å²) in [6.07, 6.45) is 0.179. The zero-order chi connectivity index (χ0) is 9.68. The summed E-state index contributed by atoms with van der Waals surface area (Å²) in [7, 11) is 1.86. The summed E-state index contributed by atoms with van der Waals surface area (Å²) in [6.45, 7) is 3.55. The standard InChI is InChI=1S/C8H17N3O2/c1-11(6-8(9)12)5-7-4-10-2-3-13-7/h7,10H,2-6H2,1H3,(H2,9,12)/t7-/m0/s1. The van der Waals surface area contributed by atoms with Gasteiger partial charge in [0.15, 0.2) is 0 Å². The second kappa shape index (κ2) is 5.16. The SMILES string of the molecule is CN(CC(N)=O)C[C@@H]1CNCCO1. The van der Waals surface area contributed by atoms with Gasteiger partial charge in [0, 0.05) is 19.6 Å². The molecule has 1 aliphatic rings. The molecular weight excluding hydrogens is 170 g/mol. The van der Waals surface area contributed by atoms with Gasteiger partial charge in [-0.2, -0.15) is 0 Å². The Morgan fingerprint density at radius 1 is 1.77 bits per heavy atom. The van der Waals surface area contributed by atoms with Crippen molar-refractivity contribution in [2.75, 3.05) is 39.8 Å². The molecule has 1 rings (SSSR count). The Kier molecular flexibility index (Phi) is 4.14. The molecule has 13 heavy (non-hydrogen) atoms. The van der Waals surface area contributed by atoms with Crippen LogP contribution in [0.2, 0.25) is 0 Å². The van der Waals surface area contributed by atoms with Crippen LogP contribution in [0.25, 0.3) is 0 Å². The molecule has 3 N–H and O–H groups in total. The highest BCUT2D eigenvalue weighted by Gasteiger charge is 2.15. The summed E-state index contributed by atoms with van der Waals surface area (Å²) < 4.78 is 5.47. The van der Waals surface area contributed by atoms with Gasteiger partial charge in [-0.25, -0.2) is 0 Å². The van der Waals surface area contributed by atoms with Crippen LogP contribution in [-0.4, -0.2) is 56.7 Å². The Balaban J connectivity index is 2.18. The second-order valence-corrected chi connectivity index (χ2v) is 3.36. The van der Waals surface area contributed by atoms with Gasteiger partial charge in [0.05, 0.1) is 19.3 Å². The average molecular weight is 187 g/mol. The number of carbonyl (C=O) groups excluding carboxylic acids is 1. The number of hydrogen-bond acceptors (Lipinski definition) is 4. The van der Waals surface area contributed by atoms with Crippen molar-refractivity contribution in [3.63, 3.8) is 0 Å². The summed E-state index contributed by atoms with van der Waals surface area (Å²) in [5.74, 6) is -0.300. The van der Waals surface area contributed by atoms with Crippen molar-refractivity contribution in [3.05, 3.63) is 0 Å². The number of carbonyl (C=O) groups is 1. The van der Waals surface area contributed by atoms with Crippen molar-refractivity contribution in [3.8, 4) is 0 Å². The molecule has 0 unspecified atom stereocenters. The lowest BCUT2D eigenvalue weighted by atomic mass is 10.3. The molecule has 0 bridgehead atoms. The molecule has 0 spiro atoms. The lowest BCUT2D eigenvalue weighted by molar-refractivity contribution is -0.119. The fourth-order valence-corrected chi connectivity index (χ4v) is 1.42. The maximum absolute atomic E-state index is 10.6. The highest BCUT2D eigenvalue weighted by Crippen LogP contribution is 1.97. The summed E-state index contributed by atoms with van der Waals surface area (Å²) in [5, 5.41) is 3.23. The van der Waals surface area contributed by atoms with Crippen LogP contribution in [0.3, 0.4) is 0 Å². The molecule has 0 aliphatic carbocycles. The molecule has 0 saturated carbocycles. The molecular formula is C8H17N3O2. The number of primary amides is 1. The Bertz CT molecular complexity index is 169. The molecule has 1 aliphatic heterocycles. The topological polar surface area (TPSA) is 67.6 Å². The van der Waals surface area contributed by atoms with E-state index in [1.165, 1.54) is 0 Å². The first-order valence-electron chi connectivity index (χ1n) is 4.47. The van der Waals surface area contributed by atoms with Gasteiger partial charge in [-0.3, -0.25) is 9.69 Å². The molecule has 76 valence electrons. The molecule has 5 nitrogen and oxygen atoms in total. The number of nitrogens with two attached hydrogens (primary N) is 1. The molecule has 0 aromatic carbocycles. The van der Waals surface area contributed by atoms with Crippen LogP contribution in [-0.2, 0) is 9.53 Å². The van der Waals surface area contributed by atoms with Crippen LogP contribution in [0.15, 0.2) is 0 Å². The minimum atomic E-state index is -0.300. The van der Waals surface area contributed by atoms with Crippen molar-refractivity contribution in [1.29, 1.82) is 0 Å². The summed E-state index contributed by atoms with van der Waals surface area (Å²) in [4.78, 5) is 12.5. The first-order chi connectivity index (χ1) is 6.18. The van der Waals surface area contributed by atoms with E-state index >= 15 is 0 Å². The first-order valence-corrected chi connectivity index (χ1v) is 4.47. The number of morpholine rings is 1. The van der Waals surface area contributed by atoms with E-state index in [2.05, 4.69) is 5.32 Å². The second-order valence-electron chi connectivity index (χ2n) is 3.36. The van der Waals surface area contributed by atoms with E-state index in [0.717, 1.165) is 26.2 Å². The van der Waals surface area contributed by atoms with E-state index in [9.17, 15) is 4.79 Å². The van der Waals surface area contributed by atoms with E-state index in [1.54, 1.807) is 0 Å². The number of likely N-dealkylation sites (N-methyl/N-ethyl adjacent to an activating group) is 1. The van der Waals surface area contributed by atoms with Crippen molar-refractivity contribution in [2.45, 2.75) is 6.10 Å². The van der Waals surface area contributed by atoms with Crippen LogP contribution in [0, 0.1) is 0 Å². The predicted molar refractivity (Wildman–Crippen MR) is 49.3 cm³/mol. The molecule has 5 heteroatoms. The number of ether oxygens (including phenoxy) is 1. The maximum Gasteiger partial charge on any atom is 0.231 e. The third-order valence-electron chi connectivity index (χ3n) is 1.95. The van der Waals surface area contributed by atoms with Crippen LogP contribution >= 0.6 is 0 Å². The quantitative estimate of drug-likeness (QED) is 0.556. The monoisotopic (exact) mass is 187 g/mol. The van der Waals surface area contributed by atoms with Crippen LogP contribution in [0.5, 0.6) is 0 Å². The highest BCUT2D eigenvalue weighted by atomic mass is 16.5. The van der Waals surface area contributed by atoms with E-state index in [-0.39, 0.29) is 12.0 Å². The summed E-state index contributed by atoms with van der Waals surface area (Å²) in [5.41, 5.74) is 5.06.